The number of rotatable bonds is 2. The van der Waals surface area contributed by atoms with Gasteiger partial charge >= 0.3 is 0 Å². The van der Waals surface area contributed by atoms with E-state index in [1.165, 1.54) is 30.0 Å². The third-order valence-corrected chi connectivity index (χ3v) is 5.03. The number of imidazole rings is 1. The van der Waals surface area contributed by atoms with E-state index in [2.05, 4.69) is 50.4 Å². The lowest BCUT2D eigenvalue weighted by molar-refractivity contribution is 0.483. The minimum atomic E-state index is 0.833. The highest BCUT2D eigenvalue weighted by molar-refractivity contribution is 9.10. The van der Waals surface area contributed by atoms with E-state index in [9.17, 15) is 0 Å². The van der Waals surface area contributed by atoms with Crippen molar-refractivity contribution in [3.8, 4) is 0 Å². The van der Waals surface area contributed by atoms with E-state index in [1.807, 2.05) is 6.07 Å². The molecule has 0 bridgehead atoms. The molecule has 1 aliphatic heterocycles. The highest BCUT2D eigenvalue weighted by Gasteiger charge is 2.15. The Morgan fingerprint density at radius 2 is 2.18 bits per heavy atom. The standard InChI is InChI=1S/C13H15BrN2S/c14-12-2-1-3-13-15-11(9-16(12)13)8-10-4-6-17-7-5-10/h1-3,9-10H,4-8H2. The lowest BCUT2D eigenvalue weighted by Crippen LogP contribution is -2.12. The third-order valence-electron chi connectivity index (χ3n) is 3.33. The second-order valence-corrected chi connectivity index (χ2v) is 6.61. The van der Waals surface area contributed by atoms with Crippen LogP contribution in [0.25, 0.3) is 5.65 Å². The van der Waals surface area contributed by atoms with Gasteiger partial charge in [-0.3, -0.25) is 4.40 Å². The first-order valence-corrected chi connectivity index (χ1v) is 7.98. The van der Waals surface area contributed by atoms with Gasteiger partial charge in [0.1, 0.15) is 5.65 Å². The number of hydrogen-bond donors (Lipinski definition) is 0. The molecule has 0 spiro atoms. The highest BCUT2D eigenvalue weighted by Crippen LogP contribution is 2.26. The molecule has 17 heavy (non-hydrogen) atoms. The fourth-order valence-electron chi connectivity index (χ4n) is 2.37. The SMILES string of the molecule is Brc1cccc2nc(CC3CCSCC3)cn12. The molecule has 0 radical (unpaired) electrons. The van der Waals surface area contributed by atoms with Crippen LogP contribution in [0.4, 0.5) is 0 Å². The maximum atomic E-state index is 4.69. The zero-order chi connectivity index (χ0) is 11.7. The third kappa shape index (κ3) is 2.52. The Bertz CT molecular complexity index is 517. The van der Waals surface area contributed by atoms with Crippen molar-refractivity contribution in [2.24, 2.45) is 5.92 Å². The Morgan fingerprint density at radius 3 is 2.94 bits per heavy atom. The molecule has 2 aromatic heterocycles. The van der Waals surface area contributed by atoms with Crippen molar-refractivity contribution in [3.63, 3.8) is 0 Å². The predicted octanol–water partition coefficient (Wildman–Crippen LogP) is 3.78. The minimum absolute atomic E-state index is 0.833. The normalized spacial score (nSPS) is 17.7. The number of nitrogens with zero attached hydrogens (tertiary/aromatic N) is 2. The number of pyridine rings is 1. The first kappa shape index (κ1) is 11.6. The molecule has 3 rings (SSSR count). The van der Waals surface area contributed by atoms with Crippen LogP contribution in [0.3, 0.4) is 0 Å². The van der Waals surface area contributed by atoms with E-state index in [4.69, 9.17) is 4.98 Å². The van der Waals surface area contributed by atoms with E-state index in [-0.39, 0.29) is 0 Å². The van der Waals surface area contributed by atoms with Crippen molar-refractivity contribution in [1.82, 2.24) is 9.38 Å². The van der Waals surface area contributed by atoms with Gasteiger partial charge in [-0.05, 0) is 64.7 Å². The van der Waals surface area contributed by atoms with Gasteiger partial charge in [0.15, 0.2) is 0 Å². The molecule has 0 atom stereocenters. The maximum absolute atomic E-state index is 4.69. The summed E-state index contributed by atoms with van der Waals surface area (Å²) in [7, 11) is 0. The van der Waals surface area contributed by atoms with Gasteiger partial charge in [-0.2, -0.15) is 11.8 Å². The highest BCUT2D eigenvalue weighted by atomic mass is 79.9. The van der Waals surface area contributed by atoms with Crippen LogP contribution in [0.1, 0.15) is 18.5 Å². The summed E-state index contributed by atoms with van der Waals surface area (Å²) >= 11 is 5.64. The topological polar surface area (TPSA) is 17.3 Å². The number of thioether (sulfide) groups is 1. The Balaban J connectivity index is 1.83. The zero-order valence-electron chi connectivity index (χ0n) is 9.60. The zero-order valence-corrected chi connectivity index (χ0v) is 12.0. The summed E-state index contributed by atoms with van der Waals surface area (Å²) in [6.45, 7) is 0. The smallest absolute Gasteiger partial charge is 0.137 e. The number of fused-ring (bicyclic) bond motifs is 1. The Kier molecular flexibility index (Phi) is 3.43. The van der Waals surface area contributed by atoms with Crippen LogP contribution in [0.2, 0.25) is 0 Å². The van der Waals surface area contributed by atoms with Crippen LogP contribution < -0.4 is 0 Å². The molecule has 0 amide bonds. The summed E-state index contributed by atoms with van der Waals surface area (Å²) in [6, 6.07) is 6.15. The van der Waals surface area contributed by atoms with Crippen molar-refractivity contribution in [3.05, 3.63) is 34.7 Å². The minimum Gasteiger partial charge on any atom is -0.294 e. The molecule has 3 heterocycles. The van der Waals surface area contributed by atoms with Gasteiger partial charge < -0.3 is 0 Å². The number of halogens is 1. The van der Waals surface area contributed by atoms with Crippen molar-refractivity contribution in [1.29, 1.82) is 0 Å². The monoisotopic (exact) mass is 310 g/mol. The number of aromatic nitrogens is 2. The van der Waals surface area contributed by atoms with Crippen molar-refractivity contribution in [2.45, 2.75) is 19.3 Å². The summed E-state index contributed by atoms with van der Waals surface area (Å²) in [5.41, 5.74) is 2.27. The van der Waals surface area contributed by atoms with Crippen LogP contribution in [0.5, 0.6) is 0 Å². The van der Waals surface area contributed by atoms with E-state index in [1.54, 1.807) is 0 Å². The number of hydrogen-bond acceptors (Lipinski definition) is 2. The molecule has 0 unspecified atom stereocenters. The molecule has 0 saturated carbocycles. The molecular formula is C13H15BrN2S. The first-order valence-electron chi connectivity index (χ1n) is 6.03. The Hall–Kier alpha value is -0.480. The van der Waals surface area contributed by atoms with Gasteiger partial charge in [-0.25, -0.2) is 4.98 Å². The van der Waals surface area contributed by atoms with Crippen LogP contribution in [-0.2, 0) is 6.42 Å². The van der Waals surface area contributed by atoms with Crippen molar-refractivity contribution < 1.29 is 0 Å². The quantitative estimate of drug-likeness (QED) is 0.785. The first-order chi connectivity index (χ1) is 8.33. The molecule has 0 aromatic carbocycles. The van der Waals surface area contributed by atoms with E-state index < -0.39 is 0 Å². The second-order valence-electron chi connectivity index (χ2n) is 4.57. The molecule has 1 saturated heterocycles. The second kappa shape index (κ2) is 5.02. The van der Waals surface area contributed by atoms with Crippen LogP contribution >= 0.6 is 27.7 Å². The fourth-order valence-corrected chi connectivity index (χ4v) is 4.01. The molecule has 2 aromatic rings. The van der Waals surface area contributed by atoms with Crippen molar-refractivity contribution in [2.75, 3.05) is 11.5 Å². The Labute approximate surface area is 114 Å². The molecule has 90 valence electrons. The molecule has 1 fully saturated rings. The Morgan fingerprint density at radius 1 is 1.35 bits per heavy atom. The maximum Gasteiger partial charge on any atom is 0.137 e. The van der Waals surface area contributed by atoms with Gasteiger partial charge in [0, 0.05) is 6.20 Å². The van der Waals surface area contributed by atoms with Gasteiger partial charge in [0.2, 0.25) is 0 Å². The molecular weight excluding hydrogens is 296 g/mol. The molecule has 2 nitrogen and oxygen atoms in total. The summed E-state index contributed by atoms with van der Waals surface area (Å²) in [5, 5.41) is 0. The fraction of sp³-hybridized carbons (Fsp3) is 0.462. The summed E-state index contributed by atoms with van der Waals surface area (Å²) in [6.07, 6.45) is 6.00. The molecule has 0 aliphatic carbocycles. The lowest BCUT2D eigenvalue weighted by Gasteiger charge is -2.19. The molecule has 0 N–H and O–H groups in total. The van der Waals surface area contributed by atoms with Gasteiger partial charge in [0.05, 0.1) is 10.3 Å². The van der Waals surface area contributed by atoms with Gasteiger partial charge in [0.25, 0.3) is 0 Å². The van der Waals surface area contributed by atoms with E-state index >= 15 is 0 Å². The lowest BCUT2D eigenvalue weighted by atomic mass is 9.97. The van der Waals surface area contributed by atoms with Crippen LogP contribution in [0.15, 0.2) is 29.0 Å². The van der Waals surface area contributed by atoms with Crippen molar-refractivity contribution >= 4 is 33.3 Å². The average molecular weight is 311 g/mol. The summed E-state index contributed by atoms with van der Waals surface area (Å²) in [5.74, 6) is 3.48. The summed E-state index contributed by atoms with van der Waals surface area (Å²) in [4.78, 5) is 4.69. The predicted molar refractivity (Wildman–Crippen MR) is 76.6 cm³/mol. The van der Waals surface area contributed by atoms with Gasteiger partial charge in [-0.15, -0.1) is 0 Å². The van der Waals surface area contributed by atoms with Crippen LogP contribution in [0, 0.1) is 5.92 Å². The van der Waals surface area contributed by atoms with E-state index in [0.29, 0.717) is 0 Å². The largest absolute Gasteiger partial charge is 0.294 e. The van der Waals surface area contributed by atoms with E-state index in [0.717, 1.165) is 22.6 Å². The van der Waals surface area contributed by atoms with Crippen LogP contribution in [-0.4, -0.2) is 20.9 Å². The molecule has 4 heteroatoms. The molecule has 1 aliphatic rings. The average Bonchev–Trinajstić information content (AvgIpc) is 2.74. The van der Waals surface area contributed by atoms with Gasteiger partial charge in [-0.1, -0.05) is 6.07 Å². The summed E-state index contributed by atoms with van der Waals surface area (Å²) < 4.78 is 3.19.